The number of esters is 2. The Morgan fingerprint density at radius 1 is 1.21 bits per heavy atom. The Morgan fingerprint density at radius 3 is 2.59 bits per heavy atom. The maximum atomic E-state index is 11.7. The van der Waals surface area contributed by atoms with Crippen LogP contribution in [-0.4, -0.2) is 66.7 Å². The van der Waals surface area contributed by atoms with Gasteiger partial charge in [-0.25, -0.2) is 4.79 Å². The van der Waals surface area contributed by atoms with Crippen molar-refractivity contribution in [1.29, 1.82) is 0 Å². The van der Waals surface area contributed by atoms with Crippen LogP contribution in [-0.2, 0) is 19.1 Å². The van der Waals surface area contributed by atoms with Gasteiger partial charge in [0.05, 0.1) is 0 Å². The number of rotatable bonds is 13. The molecular weight excluding hydrogens is 440 g/mol. The van der Waals surface area contributed by atoms with Gasteiger partial charge in [0.2, 0.25) is 5.76 Å². The Kier molecular flexibility index (Phi) is 10.7. The van der Waals surface area contributed by atoms with Crippen molar-refractivity contribution in [3.8, 4) is 0 Å². The predicted molar refractivity (Wildman–Crippen MR) is 129 cm³/mol. The average Bonchev–Trinajstić information content (AvgIpc) is 3.08. The van der Waals surface area contributed by atoms with Gasteiger partial charge >= 0.3 is 11.9 Å². The lowest BCUT2D eigenvalue weighted by Gasteiger charge is -2.17. The monoisotopic (exact) mass is 472 g/mol. The van der Waals surface area contributed by atoms with Gasteiger partial charge in [0, 0.05) is 32.7 Å². The van der Waals surface area contributed by atoms with E-state index in [1.807, 2.05) is 32.3 Å². The van der Waals surface area contributed by atoms with Crippen molar-refractivity contribution in [2.75, 3.05) is 32.1 Å². The summed E-state index contributed by atoms with van der Waals surface area (Å²) in [5, 5.41) is 31.6. The Balaban J connectivity index is 1.52. The smallest absolute Gasteiger partial charge is 0.377 e. The molecule has 184 valence electrons. The summed E-state index contributed by atoms with van der Waals surface area (Å²) in [4.78, 5) is 24.9. The quantitative estimate of drug-likeness (QED) is 0.195. The minimum atomic E-state index is -1.47. The Morgan fingerprint density at radius 2 is 1.94 bits per heavy atom. The number of anilines is 1. The van der Waals surface area contributed by atoms with Crippen molar-refractivity contribution in [1.82, 2.24) is 5.32 Å². The summed E-state index contributed by atoms with van der Waals surface area (Å²) in [5.74, 6) is -3.40. The van der Waals surface area contributed by atoms with Gasteiger partial charge in [-0.15, -0.1) is 0 Å². The number of nitrogens with one attached hydrogen (secondary N) is 1. The van der Waals surface area contributed by atoms with Gasteiger partial charge in [-0.05, 0) is 42.8 Å². The second kappa shape index (κ2) is 13.7. The number of carbonyl (C=O) groups excluding carboxylic acids is 2. The van der Waals surface area contributed by atoms with E-state index in [4.69, 9.17) is 4.74 Å². The number of hydrogen-bond donors (Lipinski definition) is 4. The highest BCUT2D eigenvalue weighted by atomic mass is 16.6. The van der Waals surface area contributed by atoms with E-state index in [0.717, 1.165) is 12.0 Å². The van der Waals surface area contributed by atoms with Crippen LogP contribution in [0.1, 0.15) is 24.8 Å². The molecule has 34 heavy (non-hydrogen) atoms. The largest absolute Gasteiger partial charge is 0.505 e. The summed E-state index contributed by atoms with van der Waals surface area (Å²) < 4.78 is 9.50. The molecular formula is C25H32N2O7. The molecule has 1 heterocycles. The lowest BCUT2D eigenvalue weighted by atomic mass is 10.1. The molecule has 0 aliphatic carbocycles. The van der Waals surface area contributed by atoms with E-state index in [1.54, 1.807) is 6.20 Å². The standard InChI is InChI=1S/C25H32N2O7/c1-27(2)19-13-11-18(12-14-19)9-6-4-3-5-7-15-26-16-8-10-21(29)33-17-20(28)24-22(30)23(31)25(32)34-24/h3,5-7,9,11-15,20,24,26,28,30-31H,4,8,10,16-17H2,1-2H3/b5-3-,9-6+,15-7-. The highest BCUT2D eigenvalue weighted by molar-refractivity contribution is 5.89. The van der Waals surface area contributed by atoms with Gasteiger partial charge in [-0.3, -0.25) is 4.79 Å². The summed E-state index contributed by atoms with van der Waals surface area (Å²) in [7, 11) is 4.02. The number of carbonyl (C=O) groups is 2. The minimum Gasteiger partial charge on any atom is -0.505 e. The van der Waals surface area contributed by atoms with E-state index in [-0.39, 0.29) is 6.42 Å². The molecule has 0 radical (unpaired) electrons. The first kappa shape index (κ1) is 26.5. The normalized spacial score (nSPS) is 17.0. The van der Waals surface area contributed by atoms with E-state index in [1.165, 1.54) is 5.69 Å². The van der Waals surface area contributed by atoms with Gasteiger partial charge in [-0.2, -0.15) is 0 Å². The molecule has 2 atom stereocenters. The second-order valence-electron chi connectivity index (χ2n) is 7.78. The van der Waals surface area contributed by atoms with Crippen LogP contribution in [0.25, 0.3) is 6.08 Å². The van der Waals surface area contributed by atoms with Crippen LogP contribution in [0.15, 0.2) is 66.3 Å². The van der Waals surface area contributed by atoms with Crippen molar-refractivity contribution >= 4 is 23.7 Å². The third kappa shape index (κ3) is 8.67. The fourth-order valence-corrected chi connectivity index (χ4v) is 2.93. The molecule has 9 nitrogen and oxygen atoms in total. The first-order valence-electron chi connectivity index (χ1n) is 11.0. The number of cyclic esters (lactones) is 1. The summed E-state index contributed by atoms with van der Waals surface area (Å²) in [6, 6.07) is 8.32. The summed E-state index contributed by atoms with van der Waals surface area (Å²) >= 11 is 0. The zero-order valence-corrected chi connectivity index (χ0v) is 19.4. The Labute approximate surface area is 199 Å². The molecule has 9 heteroatoms. The number of aliphatic hydroxyl groups excluding tert-OH is 3. The van der Waals surface area contributed by atoms with E-state index in [9.17, 15) is 24.9 Å². The van der Waals surface area contributed by atoms with Crippen molar-refractivity contribution in [2.45, 2.75) is 31.5 Å². The molecule has 1 aliphatic heterocycles. The molecule has 2 rings (SSSR count). The summed E-state index contributed by atoms with van der Waals surface area (Å²) in [6.45, 7) is 0.0879. The predicted octanol–water partition coefficient (Wildman–Crippen LogP) is 2.75. The topological polar surface area (TPSA) is 129 Å². The first-order chi connectivity index (χ1) is 16.3. The Hall–Kier alpha value is -3.72. The fourth-order valence-electron chi connectivity index (χ4n) is 2.93. The third-order valence-electron chi connectivity index (χ3n) is 4.86. The number of hydrogen-bond acceptors (Lipinski definition) is 9. The number of allylic oxidation sites excluding steroid dienone is 4. The van der Waals surface area contributed by atoms with Gasteiger partial charge in [0.25, 0.3) is 0 Å². The molecule has 4 N–H and O–H groups in total. The third-order valence-corrected chi connectivity index (χ3v) is 4.86. The van der Waals surface area contributed by atoms with E-state index < -0.39 is 42.3 Å². The van der Waals surface area contributed by atoms with Gasteiger partial charge in [0.1, 0.15) is 12.7 Å². The Bertz CT molecular complexity index is 933. The van der Waals surface area contributed by atoms with Crippen molar-refractivity contribution < 1.29 is 34.4 Å². The van der Waals surface area contributed by atoms with E-state index >= 15 is 0 Å². The maximum Gasteiger partial charge on any atom is 0.377 e. The molecule has 1 aromatic rings. The van der Waals surface area contributed by atoms with Crippen molar-refractivity contribution in [3.05, 3.63) is 71.9 Å². The minimum absolute atomic E-state index is 0.126. The van der Waals surface area contributed by atoms with Crippen LogP contribution in [0.2, 0.25) is 0 Å². The lowest BCUT2D eigenvalue weighted by molar-refractivity contribution is -0.154. The molecule has 0 bridgehead atoms. The zero-order chi connectivity index (χ0) is 24.9. The summed E-state index contributed by atoms with van der Waals surface area (Å²) in [5.41, 5.74) is 2.32. The second-order valence-corrected chi connectivity index (χ2v) is 7.78. The van der Waals surface area contributed by atoms with E-state index in [2.05, 4.69) is 51.4 Å². The lowest BCUT2D eigenvalue weighted by Crippen LogP contribution is -2.33. The molecule has 0 fully saturated rings. The van der Waals surface area contributed by atoms with E-state index in [0.29, 0.717) is 13.0 Å². The molecule has 0 amide bonds. The molecule has 1 aromatic carbocycles. The molecule has 0 saturated heterocycles. The van der Waals surface area contributed by atoms with Crippen molar-refractivity contribution in [3.63, 3.8) is 0 Å². The zero-order valence-electron chi connectivity index (χ0n) is 19.4. The van der Waals surface area contributed by atoms with Crippen LogP contribution in [0.3, 0.4) is 0 Å². The van der Waals surface area contributed by atoms with Gasteiger partial charge in [-0.1, -0.05) is 36.4 Å². The van der Waals surface area contributed by atoms with Gasteiger partial charge in [0.15, 0.2) is 11.9 Å². The first-order valence-corrected chi connectivity index (χ1v) is 11.0. The number of nitrogens with zero attached hydrogens (tertiary/aromatic N) is 1. The summed E-state index contributed by atoms with van der Waals surface area (Å²) in [6.07, 6.45) is 10.3. The highest BCUT2D eigenvalue weighted by Crippen LogP contribution is 2.21. The van der Waals surface area contributed by atoms with Crippen LogP contribution in [0, 0.1) is 0 Å². The maximum absolute atomic E-state index is 11.7. The van der Waals surface area contributed by atoms with Crippen molar-refractivity contribution in [2.24, 2.45) is 0 Å². The molecule has 2 unspecified atom stereocenters. The van der Waals surface area contributed by atoms with Crippen LogP contribution >= 0.6 is 0 Å². The number of ether oxygens (including phenoxy) is 2. The SMILES string of the molecule is CN(C)c1ccc(/C=C/C/C=C\C=C/NCCCC(=O)OCC(O)C2OC(=O)C(O)=C2O)cc1. The fraction of sp³-hybridized carbons (Fsp3) is 0.360. The van der Waals surface area contributed by atoms with Crippen LogP contribution in [0.4, 0.5) is 5.69 Å². The number of benzene rings is 1. The number of aliphatic hydroxyl groups is 3. The molecule has 1 aliphatic rings. The average molecular weight is 473 g/mol. The van der Waals surface area contributed by atoms with Crippen LogP contribution in [0.5, 0.6) is 0 Å². The molecule has 0 spiro atoms. The molecule has 0 saturated carbocycles. The molecule has 0 aromatic heterocycles. The van der Waals surface area contributed by atoms with Gasteiger partial charge < -0.3 is 35.0 Å². The van der Waals surface area contributed by atoms with Crippen LogP contribution < -0.4 is 10.2 Å². The highest BCUT2D eigenvalue weighted by Gasteiger charge is 2.39.